The molecule has 0 spiro atoms. The number of imidazole rings is 2. The van der Waals surface area contributed by atoms with Crippen LogP contribution in [0.1, 0.15) is 16.2 Å². The lowest BCUT2D eigenvalue weighted by molar-refractivity contribution is 0.102. The lowest BCUT2D eigenvalue weighted by Gasteiger charge is -2.08. The summed E-state index contributed by atoms with van der Waals surface area (Å²) in [6.45, 7) is 0. The van der Waals surface area contributed by atoms with Gasteiger partial charge in [0, 0.05) is 25.0 Å². The van der Waals surface area contributed by atoms with E-state index < -0.39 is 0 Å². The smallest absolute Gasteiger partial charge is 0.228 e. The number of carbonyl (C=O) groups excluding carboxylic acids is 1. The van der Waals surface area contributed by atoms with Gasteiger partial charge in [-0.1, -0.05) is 54.2 Å². The van der Waals surface area contributed by atoms with E-state index >= 15 is 0 Å². The highest BCUT2D eigenvalue weighted by Gasteiger charge is 2.19. The number of thioether (sulfide) groups is 1. The van der Waals surface area contributed by atoms with Gasteiger partial charge in [-0.25, -0.2) is 9.97 Å². The molecule has 0 bridgehead atoms. The maximum atomic E-state index is 13.0. The van der Waals surface area contributed by atoms with Crippen molar-refractivity contribution in [3.8, 4) is 0 Å². The first-order valence-corrected chi connectivity index (χ1v) is 8.88. The van der Waals surface area contributed by atoms with Crippen LogP contribution in [0.2, 0.25) is 0 Å². The van der Waals surface area contributed by atoms with Crippen LogP contribution in [0.5, 0.6) is 0 Å². The number of fused-ring (bicyclic) bond motifs is 1. The number of aryl methyl sites for hydroxylation is 1. The molecule has 0 N–H and O–H groups in total. The summed E-state index contributed by atoms with van der Waals surface area (Å²) in [6.07, 6.45) is 3.68. The number of benzene rings is 2. The number of nitrogens with zero attached hydrogens (tertiary/aromatic N) is 4. The second-order valence-corrected chi connectivity index (χ2v) is 6.55. The van der Waals surface area contributed by atoms with Gasteiger partial charge >= 0.3 is 0 Å². The highest BCUT2D eigenvalue weighted by atomic mass is 32.2. The maximum Gasteiger partial charge on any atom is 0.228 e. The molecule has 0 fully saturated rings. The van der Waals surface area contributed by atoms with Crippen LogP contribution in [-0.4, -0.2) is 24.9 Å². The Morgan fingerprint density at radius 3 is 2.60 bits per heavy atom. The first-order chi connectivity index (χ1) is 12.2. The second kappa shape index (κ2) is 6.57. The van der Waals surface area contributed by atoms with E-state index in [2.05, 4.69) is 9.97 Å². The van der Waals surface area contributed by atoms with E-state index in [1.807, 2.05) is 77.0 Å². The van der Waals surface area contributed by atoms with Gasteiger partial charge in [-0.2, -0.15) is 0 Å². The predicted molar refractivity (Wildman–Crippen MR) is 98.7 cm³/mol. The van der Waals surface area contributed by atoms with Crippen molar-refractivity contribution >= 4 is 28.6 Å². The van der Waals surface area contributed by atoms with Crippen LogP contribution >= 0.6 is 11.8 Å². The quantitative estimate of drug-likeness (QED) is 0.407. The standard InChI is InChI=1S/C19H16N4OS/c1-22-12-11-20-19(22)25-13-23-16-10-6-5-9-15(16)21-18(23)17(24)14-7-3-2-4-8-14/h2-12H,13H2,1H3. The van der Waals surface area contributed by atoms with Crippen molar-refractivity contribution in [2.45, 2.75) is 11.0 Å². The normalized spacial score (nSPS) is 11.1. The summed E-state index contributed by atoms with van der Waals surface area (Å²) in [5, 5.41) is 0.899. The Labute approximate surface area is 149 Å². The zero-order chi connectivity index (χ0) is 17.2. The Morgan fingerprint density at radius 1 is 1.08 bits per heavy atom. The van der Waals surface area contributed by atoms with Gasteiger partial charge in [0.1, 0.15) is 0 Å². The number of hydrogen-bond donors (Lipinski definition) is 0. The fourth-order valence-corrected chi connectivity index (χ4v) is 3.62. The van der Waals surface area contributed by atoms with Gasteiger partial charge in [0.15, 0.2) is 11.0 Å². The van der Waals surface area contributed by atoms with Gasteiger partial charge in [0.05, 0.1) is 16.9 Å². The lowest BCUT2D eigenvalue weighted by atomic mass is 10.1. The van der Waals surface area contributed by atoms with Crippen LogP contribution < -0.4 is 0 Å². The minimum Gasteiger partial charge on any atom is -0.329 e. The SMILES string of the molecule is Cn1ccnc1SCn1c(C(=O)c2ccccc2)nc2ccccc21. The van der Waals surface area contributed by atoms with Gasteiger partial charge in [-0.3, -0.25) is 4.79 Å². The minimum atomic E-state index is -0.0720. The summed E-state index contributed by atoms with van der Waals surface area (Å²) in [5.41, 5.74) is 2.41. The Bertz CT molecular complexity index is 1040. The molecule has 0 atom stereocenters. The van der Waals surface area contributed by atoms with Crippen LogP contribution in [0.15, 0.2) is 72.1 Å². The van der Waals surface area contributed by atoms with Gasteiger partial charge in [-0.05, 0) is 12.1 Å². The summed E-state index contributed by atoms with van der Waals surface area (Å²) >= 11 is 1.58. The second-order valence-electron chi connectivity index (χ2n) is 5.64. The molecule has 0 aliphatic heterocycles. The van der Waals surface area contributed by atoms with Gasteiger partial charge in [0.2, 0.25) is 5.78 Å². The molecule has 0 aliphatic rings. The topological polar surface area (TPSA) is 52.7 Å². The lowest BCUT2D eigenvalue weighted by Crippen LogP contribution is -2.11. The number of rotatable bonds is 5. The van der Waals surface area contributed by atoms with E-state index in [0.29, 0.717) is 17.3 Å². The Morgan fingerprint density at radius 2 is 1.84 bits per heavy atom. The van der Waals surface area contributed by atoms with E-state index in [1.165, 1.54) is 0 Å². The fourth-order valence-electron chi connectivity index (χ4n) is 2.71. The maximum absolute atomic E-state index is 13.0. The highest BCUT2D eigenvalue weighted by Crippen LogP contribution is 2.24. The number of carbonyl (C=O) groups is 1. The monoisotopic (exact) mass is 348 g/mol. The summed E-state index contributed by atoms with van der Waals surface area (Å²) in [5.74, 6) is 0.950. The molecule has 2 heterocycles. The molecule has 124 valence electrons. The molecule has 6 heteroatoms. The molecule has 0 saturated carbocycles. The van der Waals surface area contributed by atoms with Crippen LogP contribution in [0.25, 0.3) is 11.0 Å². The number of hydrogen-bond acceptors (Lipinski definition) is 4. The van der Waals surface area contributed by atoms with Crippen molar-refractivity contribution < 1.29 is 4.79 Å². The van der Waals surface area contributed by atoms with Crippen molar-refractivity contribution in [2.24, 2.45) is 7.05 Å². The molecule has 0 radical (unpaired) electrons. The number of para-hydroxylation sites is 2. The fraction of sp³-hybridized carbons (Fsp3) is 0.105. The first-order valence-electron chi connectivity index (χ1n) is 7.89. The van der Waals surface area contributed by atoms with E-state index in [0.717, 1.165) is 16.2 Å². The van der Waals surface area contributed by atoms with Crippen LogP contribution in [0, 0.1) is 0 Å². The number of aromatic nitrogens is 4. The average Bonchev–Trinajstić information content (AvgIpc) is 3.23. The molecule has 4 aromatic rings. The molecular formula is C19H16N4OS. The van der Waals surface area contributed by atoms with Gasteiger partial charge in [-0.15, -0.1) is 0 Å². The zero-order valence-electron chi connectivity index (χ0n) is 13.7. The summed E-state index contributed by atoms with van der Waals surface area (Å²) in [6, 6.07) is 17.1. The molecule has 25 heavy (non-hydrogen) atoms. The van der Waals surface area contributed by atoms with E-state index in [4.69, 9.17) is 0 Å². The minimum absolute atomic E-state index is 0.0720. The number of ketones is 1. The average molecular weight is 348 g/mol. The summed E-state index contributed by atoms with van der Waals surface area (Å²) < 4.78 is 3.92. The Hall–Kier alpha value is -2.86. The van der Waals surface area contributed by atoms with Crippen LogP contribution in [0.3, 0.4) is 0 Å². The Kier molecular flexibility index (Phi) is 4.11. The Balaban J connectivity index is 1.76. The molecule has 0 unspecified atom stereocenters. The molecule has 2 aromatic heterocycles. The largest absolute Gasteiger partial charge is 0.329 e. The van der Waals surface area contributed by atoms with Crippen molar-refractivity contribution in [1.82, 2.24) is 19.1 Å². The van der Waals surface area contributed by atoms with Crippen molar-refractivity contribution in [3.05, 3.63) is 78.4 Å². The van der Waals surface area contributed by atoms with Crippen LogP contribution in [-0.2, 0) is 12.9 Å². The van der Waals surface area contributed by atoms with Gasteiger partial charge in [0.25, 0.3) is 0 Å². The van der Waals surface area contributed by atoms with Crippen LogP contribution in [0.4, 0.5) is 0 Å². The van der Waals surface area contributed by atoms with Crippen molar-refractivity contribution in [2.75, 3.05) is 0 Å². The molecule has 0 aliphatic carbocycles. The summed E-state index contributed by atoms with van der Waals surface area (Å²) in [7, 11) is 1.96. The summed E-state index contributed by atoms with van der Waals surface area (Å²) in [4.78, 5) is 21.9. The third-order valence-corrected chi connectivity index (χ3v) is 5.03. The highest BCUT2D eigenvalue weighted by molar-refractivity contribution is 7.98. The van der Waals surface area contributed by atoms with E-state index in [9.17, 15) is 4.79 Å². The van der Waals surface area contributed by atoms with Crippen molar-refractivity contribution in [3.63, 3.8) is 0 Å². The molecule has 0 amide bonds. The third-order valence-electron chi connectivity index (χ3n) is 3.99. The molecule has 0 saturated heterocycles. The van der Waals surface area contributed by atoms with E-state index in [1.54, 1.807) is 18.0 Å². The van der Waals surface area contributed by atoms with Crippen molar-refractivity contribution in [1.29, 1.82) is 0 Å². The third kappa shape index (κ3) is 2.96. The predicted octanol–water partition coefficient (Wildman–Crippen LogP) is 3.75. The van der Waals surface area contributed by atoms with Gasteiger partial charge < -0.3 is 9.13 Å². The molecule has 5 nitrogen and oxygen atoms in total. The van der Waals surface area contributed by atoms with E-state index in [-0.39, 0.29) is 5.78 Å². The molecule has 4 rings (SSSR count). The first kappa shape index (κ1) is 15.7. The molecule has 2 aromatic carbocycles. The zero-order valence-corrected chi connectivity index (χ0v) is 14.5. The molecular weight excluding hydrogens is 332 g/mol.